The van der Waals surface area contributed by atoms with Crippen molar-refractivity contribution in [2.24, 2.45) is 11.8 Å². The fourth-order valence-electron chi connectivity index (χ4n) is 3.40. The molecular weight excluding hydrogens is 324 g/mol. The molecule has 7 heteroatoms. The van der Waals surface area contributed by atoms with Crippen LogP contribution in [0.5, 0.6) is 0 Å². The monoisotopic (exact) mass is 350 g/mol. The minimum atomic E-state index is -3.92. The molecule has 1 heterocycles. The first kappa shape index (κ1) is 18.2. The number of hydrogen-bond acceptors (Lipinski definition) is 5. The molecule has 0 aromatic rings. The molecule has 1 aliphatic carbocycles. The Bertz CT molecular complexity index is 451. The summed E-state index contributed by atoms with van der Waals surface area (Å²) >= 11 is 1.82. The van der Waals surface area contributed by atoms with E-state index in [0.717, 1.165) is 38.0 Å². The van der Waals surface area contributed by atoms with Crippen LogP contribution in [0.15, 0.2) is 0 Å². The van der Waals surface area contributed by atoms with E-state index in [2.05, 4.69) is 0 Å². The van der Waals surface area contributed by atoms with E-state index in [-0.39, 0.29) is 22.8 Å². The summed E-state index contributed by atoms with van der Waals surface area (Å²) in [5, 5.41) is 0.264. The number of ether oxygens (including phenoxy) is 1. The van der Waals surface area contributed by atoms with Gasteiger partial charge in [0.15, 0.2) is 0 Å². The summed E-state index contributed by atoms with van der Waals surface area (Å²) in [6, 6.07) is 0. The van der Waals surface area contributed by atoms with E-state index in [9.17, 15) is 13.2 Å². The van der Waals surface area contributed by atoms with Crippen LogP contribution in [0.4, 0.5) is 0 Å². The zero-order valence-corrected chi connectivity index (χ0v) is 14.5. The van der Waals surface area contributed by atoms with Gasteiger partial charge < -0.3 is 4.74 Å². The minimum Gasteiger partial charge on any atom is -0.379 e. The highest BCUT2D eigenvalue weighted by Gasteiger charge is 2.30. The van der Waals surface area contributed by atoms with Gasteiger partial charge in [-0.15, -0.1) is 0 Å². The lowest BCUT2D eigenvalue weighted by Gasteiger charge is -2.30. The molecule has 0 aromatic heterocycles. The number of hydrogen-bond donors (Lipinski definition) is 1. The van der Waals surface area contributed by atoms with Crippen molar-refractivity contribution in [1.29, 1.82) is 0 Å². The summed E-state index contributed by atoms with van der Waals surface area (Å²) in [6.45, 7) is 1.38. The Hall–Kier alpha value is -0.110. The van der Waals surface area contributed by atoms with Gasteiger partial charge in [0.2, 0.25) is 0 Å². The largest absolute Gasteiger partial charge is 0.379 e. The maximum absolute atomic E-state index is 12.4. The Morgan fingerprint density at radius 2 is 2.05 bits per heavy atom. The second-order valence-corrected chi connectivity index (χ2v) is 9.24. The molecule has 22 heavy (non-hydrogen) atoms. The first-order chi connectivity index (χ1) is 10.5. The predicted octanol–water partition coefficient (Wildman–Crippen LogP) is 2.55. The number of Topliss-reactive ketones (excluding diaryl/α,β-unsaturated/α-hetero) is 1. The van der Waals surface area contributed by atoms with Gasteiger partial charge in [-0.25, -0.2) is 0 Å². The molecule has 1 aliphatic heterocycles. The van der Waals surface area contributed by atoms with E-state index in [1.54, 1.807) is 0 Å². The summed E-state index contributed by atoms with van der Waals surface area (Å²) in [4.78, 5) is 12.4. The SMILES string of the molecule is O=C(CC(CCCS(=O)(=O)O)C1COCCS1)C1CCCC1. The molecule has 2 aliphatic rings. The van der Waals surface area contributed by atoms with Crippen molar-refractivity contribution in [3.05, 3.63) is 0 Å². The summed E-state index contributed by atoms with van der Waals surface area (Å²) in [5.74, 6) is 1.40. The Morgan fingerprint density at radius 3 is 2.64 bits per heavy atom. The van der Waals surface area contributed by atoms with Crippen LogP contribution in [-0.4, -0.2) is 48.7 Å². The topological polar surface area (TPSA) is 80.7 Å². The Labute approximate surface area is 137 Å². The van der Waals surface area contributed by atoms with Crippen LogP contribution in [0.25, 0.3) is 0 Å². The number of carbonyl (C=O) groups excluding carboxylic acids is 1. The predicted molar refractivity (Wildman–Crippen MR) is 87.8 cm³/mol. The van der Waals surface area contributed by atoms with Gasteiger partial charge in [0.25, 0.3) is 10.1 Å². The number of thioether (sulfide) groups is 1. The summed E-state index contributed by atoms with van der Waals surface area (Å²) in [5.41, 5.74) is 0. The van der Waals surface area contributed by atoms with Crippen LogP contribution in [0.2, 0.25) is 0 Å². The second kappa shape index (κ2) is 8.66. The Balaban J connectivity index is 1.89. The van der Waals surface area contributed by atoms with Crippen molar-refractivity contribution >= 4 is 27.7 Å². The van der Waals surface area contributed by atoms with Crippen LogP contribution < -0.4 is 0 Å². The Kier molecular flexibility index (Phi) is 7.18. The van der Waals surface area contributed by atoms with Crippen LogP contribution in [-0.2, 0) is 19.6 Å². The number of carbonyl (C=O) groups is 1. The molecule has 2 unspecified atom stereocenters. The van der Waals surface area contributed by atoms with Crippen LogP contribution >= 0.6 is 11.8 Å². The molecule has 0 spiro atoms. The lowest BCUT2D eigenvalue weighted by atomic mass is 9.88. The maximum Gasteiger partial charge on any atom is 0.264 e. The molecule has 0 aromatic carbocycles. The van der Waals surface area contributed by atoms with Crippen LogP contribution in [0, 0.1) is 11.8 Å². The fourth-order valence-corrected chi connectivity index (χ4v) is 5.14. The third-order valence-corrected chi connectivity index (χ3v) is 6.77. The molecule has 5 nitrogen and oxygen atoms in total. The molecular formula is C15H26O5S2. The summed E-state index contributed by atoms with van der Waals surface area (Å²) < 4.78 is 36.1. The van der Waals surface area contributed by atoms with Crippen molar-refractivity contribution in [3.63, 3.8) is 0 Å². The number of ketones is 1. The smallest absolute Gasteiger partial charge is 0.264 e. The molecule has 1 saturated carbocycles. The maximum atomic E-state index is 12.4. The molecule has 1 saturated heterocycles. The summed E-state index contributed by atoms with van der Waals surface area (Å²) in [6.07, 6.45) is 5.88. The first-order valence-corrected chi connectivity index (χ1v) is 10.8. The van der Waals surface area contributed by atoms with Gasteiger partial charge in [0.1, 0.15) is 5.78 Å². The van der Waals surface area contributed by atoms with E-state index in [1.807, 2.05) is 11.8 Å². The highest BCUT2D eigenvalue weighted by Crippen LogP contribution is 2.33. The van der Waals surface area contributed by atoms with Crippen molar-refractivity contribution in [1.82, 2.24) is 0 Å². The van der Waals surface area contributed by atoms with Gasteiger partial charge in [-0.1, -0.05) is 12.8 Å². The molecule has 2 rings (SSSR count). The van der Waals surface area contributed by atoms with Gasteiger partial charge in [-0.05, 0) is 31.6 Å². The number of rotatable bonds is 8. The quantitative estimate of drug-likeness (QED) is 0.678. The molecule has 0 radical (unpaired) electrons. The van der Waals surface area contributed by atoms with E-state index in [1.165, 1.54) is 0 Å². The van der Waals surface area contributed by atoms with Crippen LogP contribution in [0.1, 0.15) is 44.9 Å². The zero-order chi connectivity index (χ0) is 16.0. The van der Waals surface area contributed by atoms with Crippen molar-refractivity contribution in [2.75, 3.05) is 24.7 Å². The zero-order valence-electron chi connectivity index (χ0n) is 12.9. The highest BCUT2D eigenvalue weighted by molar-refractivity contribution is 8.00. The van der Waals surface area contributed by atoms with Crippen LogP contribution in [0.3, 0.4) is 0 Å². The van der Waals surface area contributed by atoms with Crippen molar-refractivity contribution < 1.29 is 22.5 Å². The lowest BCUT2D eigenvalue weighted by molar-refractivity contribution is -0.123. The van der Waals surface area contributed by atoms with E-state index >= 15 is 0 Å². The molecule has 0 bridgehead atoms. The average Bonchev–Trinajstić information content (AvgIpc) is 3.00. The van der Waals surface area contributed by atoms with E-state index in [0.29, 0.717) is 31.7 Å². The normalized spacial score (nSPS) is 25.2. The van der Waals surface area contributed by atoms with E-state index < -0.39 is 10.1 Å². The lowest BCUT2D eigenvalue weighted by Crippen LogP contribution is -2.31. The third kappa shape index (κ3) is 6.18. The summed E-state index contributed by atoms with van der Waals surface area (Å²) in [7, 11) is -3.92. The van der Waals surface area contributed by atoms with E-state index in [4.69, 9.17) is 9.29 Å². The van der Waals surface area contributed by atoms with Gasteiger partial charge in [-0.3, -0.25) is 9.35 Å². The van der Waals surface area contributed by atoms with Crippen molar-refractivity contribution in [2.45, 2.75) is 50.2 Å². The first-order valence-electron chi connectivity index (χ1n) is 8.13. The molecule has 2 fully saturated rings. The molecule has 2 atom stereocenters. The van der Waals surface area contributed by atoms with Gasteiger partial charge in [0, 0.05) is 23.3 Å². The fraction of sp³-hybridized carbons (Fsp3) is 0.933. The van der Waals surface area contributed by atoms with Gasteiger partial charge in [0.05, 0.1) is 19.0 Å². The Morgan fingerprint density at radius 1 is 1.32 bits per heavy atom. The molecule has 0 amide bonds. The second-order valence-electron chi connectivity index (χ2n) is 6.32. The van der Waals surface area contributed by atoms with Crippen molar-refractivity contribution in [3.8, 4) is 0 Å². The standard InChI is InChI=1S/C15H26O5S2/c16-14(12-4-1-2-5-12)10-13(6-3-9-22(17,18)19)15-11-20-7-8-21-15/h12-13,15H,1-11H2,(H,17,18,19). The minimum absolute atomic E-state index is 0.153. The van der Waals surface area contributed by atoms with Gasteiger partial charge in [-0.2, -0.15) is 20.2 Å². The third-order valence-electron chi connectivity index (χ3n) is 4.62. The van der Waals surface area contributed by atoms with Gasteiger partial charge >= 0.3 is 0 Å². The average molecular weight is 351 g/mol. The highest BCUT2D eigenvalue weighted by atomic mass is 32.2. The molecule has 1 N–H and O–H groups in total. The molecule has 128 valence electrons.